The Labute approximate surface area is 195 Å². The van der Waals surface area contributed by atoms with E-state index >= 15 is 0 Å². The van der Waals surface area contributed by atoms with Gasteiger partial charge in [-0.2, -0.15) is 0 Å². The fraction of sp³-hybridized carbons (Fsp3) is 0.286. The predicted octanol–water partition coefficient (Wildman–Crippen LogP) is 6.66. The van der Waals surface area contributed by atoms with Gasteiger partial charge in [-0.3, -0.25) is 0 Å². The van der Waals surface area contributed by atoms with Crippen molar-refractivity contribution in [2.75, 3.05) is 6.61 Å². The van der Waals surface area contributed by atoms with Crippen LogP contribution in [0.25, 0.3) is 0 Å². The van der Waals surface area contributed by atoms with E-state index in [4.69, 9.17) is 14.2 Å². The molecule has 0 amide bonds. The number of esters is 2. The second kappa shape index (κ2) is 13.1. The summed E-state index contributed by atoms with van der Waals surface area (Å²) in [6.07, 6.45) is 7.28. The minimum Gasteiger partial charge on any atom is -0.494 e. The highest BCUT2D eigenvalue weighted by Gasteiger charge is 2.11. The molecule has 3 aromatic rings. The molecule has 0 spiro atoms. The van der Waals surface area contributed by atoms with Crippen LogP contribution in [0.15, 0.2) is 72.8 Å². The first-order valence-corrected chi connectivity index (χ1v) is 11.4. The van der Waals surface area contributed by atoms with Crippen LogP contribution in [0.1, 0.15) is 66.2 Å². The van der Waals surface area contributed by atoms with Gasteiger partial charge in [-0.25, -0.2) is 9.59 Å². The molecule has 1 radical (unpaired) electrons. The Balaban J connectivity index is 1.43. The topological polar surface area (TPSA) is 61.8 Å². The average Bonchev–Trinajstić information content (AvgIpc) is 2.85. The van der Waals surface area contributed by atoms with Crippen molar-refractivity contribution in [1.29, 1.82) is 0 Å². The van der Waals surface area contributed by atoms with Crippen LogP contribution >= 0.6 is 0 Å². The average molecular weight is 446 g/mol. The number of benzene rings is 3. The standard InChI is InChI=1S/C28H29O5/c1-2-3-4-5-6-10-21-31-24-15-13-23(14-16-24)28(30)33-26-19-17-25(18-20-26)32-27(29)22-11-8-7-9-12-22/h7-9,11,13-20H,2-6,10,21H2,1H3. The fourth-order valence-electron chi connectivity index (χ4n) is 3.18. The lowest BCUT2D eigenvalue weighted by molar-refractivity contribution is 0.0719. The van der Waals surface area contributed by atoms with E-state index in [2.05, 4.69) is 13.0 Å². The Morgan fingerprint density at radius 3 is 1.94 bits per heavy atom. The van der Waals surface area contributed by atoms with E-state index in [1.165, 1.54) is 32.1 Å². The Hall–Kier alpha value is -3.60. The second-order valence-corrected chi connectivity index (χ2v) is 7.67. The number of rotatable bonds is 12. The van der Waals surface area contributed by atoms with Crippen LogP contribution in [0, 0.1) is 6.07 Å². The van der Waals surface area contributed by atoms with E-state index in [1.807, 2.05) is 0 Å². The molecule has 0 fully saturated rings. The molecule has 0 aliphatic carbocycles. The van der Waals surface area contributed by atoms with Gasteiger partial charge in [0.15, 0.2) is 0 Å². The van der Waals surface area contributed by atoms with Crippen molar-refractivity contribution in [2.24, 2.45) is 0 Å². The third kappa shape index (κ3) is 8.11. The summed E-state index contributed by atoms with van der Waals surface area (Å²) < 4.78 is 16.4. The fourth-order valence-corrected chi connectivity index (χ4v) is 3.18. The zero-order chi connectivity index (χ0) is 23.3. The lowest BCUT2D eigenvalue weighted by atomic mass is 10.1. The number of ether oxygens (including phenoxy) is 3. The summed E-state index contributed by atoms with van der Waals surface area (Å²) in [5.74, 6) is 0.473. The van der Waals surface area contributed by atoms with Gasteiger partial charge in [-0.15, -0.1) is 0 Å². The summed E-state index contributed by atoms with van der Waals surface area (Å²) in [7, 11) is 0. The van der Waals surface area contributed by atoms with E-state index in [1.54, 1.807) is 72.8 Å². The van der Waals surface area contributed by atoms with Crippen molar-refractivity contribution < 1.29 is 23.8 Å². The van der Waals surface area contributed by atoms with Crippen molar-refractivity contribution in [3.63, 3.8) is 0 Å². The van der Waals surface area contributed by atoms with E-state index in [0.717, 1.165) is 12.2 Å². The van der Waals surface area contributed by atoms with Crippen molar-refractivity contribution in [3.8, 4) is 17.2 Å². The van der Waals surface area contributed by atoms with Crippen LogP contribution in [0.3, 0.4) is 0 Å². The van der Waals surface area contributed by atoms with Gasteiger partial charge in [0, 0.05) is 0 Å². The third-order valence-electron chi connectivity index (χ3n) is 5.03. The highest BCUT2D eigenvalue weighted by atomic mass is 16.5. The van der Waals surface area contributed by atoms with Crippen LogP contribution < -0.4 is 14.2 Å². The molecule has 3 rings (SSSR count). The van der Waals surface area contributed by atoms with E-state index in [9.17, 15) is 9.59 Å². The molecule has 33 heavy (non-hydrogen) atoms. The summed E-state index contributed by atoms with van der Waals surface area (Å²) in [6.45, 7) is 2.89. The van der Waals surface area contributed by atoms with Crippen LogP contribution in [0.2, 0.25) is 0 Å². The van der Waals surface area contributed by atoms with Crippen LogP contribution in [0.5, 0.6) is 17.2 Å². The Morgan fingerprint density at radius 1 is 0.697 bits per heavy atom. The molecule has 0 atom stereocenters. The van der Waals surface area contributed by atoms with Crippen LogP contribution in [0.4, 0.5) is 0 Å². The SMILES string of the molecule is CCCCCCCCOc1ccc(C(=O)Oc2ccc(OC(=O)c3[c]cccc3)cc2)cc1. The van der Waals surface area contributed by atoms with Gasteiger partial charge in [-0.1, -0.05) is 57.2 Å². The molecule has 0 N–H and O–H groups in total. The molecule has 3 aromatic carbocycles. The highest BCUT2D eigenvalue weighted by molar-refractivity contribution is 5.91. The van der Waals surface area contributed by atoms with E-state index < -0.39 is 11.9 Å². The first kappa shape index (κ1) is 24.1. The Bertz CT molecular complexity index is 995. The summed E-state index contributed by atoms with van der Waals surface area (Å²) in [5.41, 5.74) is 0.768. The molecule has 0 bridgehead atoms. The number of hydrogen-bond acceptors (Lipinski definition) is 5. The quantitative estimate of drug-likeness (QED) is 0.177. The lowest BCUT2D eigenvalue weighted by Crippen LogP contribution is -2.09. The maximum absolute atomic E-state index is 12.4. The van der Waals surface area contributed by atoms with Crippen molar-refractivity contribution in [1.82, 2.24) is 0 Å². The van der Waals surface area contributed by atoms with Crippen LogP contribution in [-0.2, 0) is 0 Å². The summed E-state index contributed by atoms with van der Waals surface area (Å²) >= 11 is 0. The number of carbonyl (C=O) groups is 2. The summed E-state index contributed by atoms with van der Waals surface area (Å²) in [4.78, 5) is 24.5. The second-order valence-electron chi connectivity index (χ2n) is 7.67. The smallest absolute Gasteiger partial charge is 0.344 e. The lowest BCUT2D eigenvalue weighted by Gasteiger charge is -2.08. The van der Waals surface area contributed by atoms with Crippen molar-refractivity contribution in [3.05, 3.63) is 90.0 Å². The molecule has 171 valence electrons. The van der Waals surface area contributed by atoms with Crippen molar-refractivity contribution in [2.45, 2.75) is 45.4 Å². The van der Waals surface area contributed by atoms with E-state index in [-0.39, 0.29) is 0 Å². The molecule has 5 nitrogen and oxygen atoms in total. The Morgan fingerprint density at radius 2 is 1.30 bits per heavy atom. The third-order valence-corrected chi connectivity index (χ3v) is 5.03. The van der Waals surface area contributed by atoms with Gasteiger partial charge in [-0.05, 0) is 67.1 Å². The molecule has 0 aliphatic heterocycles. The monoisotopic (exact) mass is 445 g/mol. The normalized spacial score (nSPS) is 10.5. The maximum Gasteiger partial charge on any atom is 0.344 e. The molecule has 0 saturated carbocycles. The Kier molecular flexibility index (Phi) is 9.52. The number of carbonyl (C=O) groups excluding carboxylic acids is 2. The van der Waals surface area contributed by atoms with Gasteiger partial charge in [0.25, 0.3) is 0 Å². The molecule has 0 heterocycles. The van der Waals surface area contributed by atoms with Gasteiger partial charge < -0.3 is 14.2 Å². The minimum atomic E-state index is -0.501. The maximum atomic E-state index is 12.4. The molecule has 0 aliphatic rings. The summed E-state index contributed by atoms with van der Waals surface area (Å²) in [5, 5.41) is 0. The molecule has 0 unspecified atom stereocenters. The highest BCUT2D eigenvalue weighted by Crippen LogP contribution is 2.21. The predicted molar refractivity (Wildman–Crippen MR) is 127 cm³/mol. The van der Waals surface area contributed by atoms with Gasteiger partial charge in [0.05, 0.1) is 17.7 Å². The molecule has 0 saturated heterocycles. The molecule has 0 aromatic heterocycles. The van der Waals surface area contributed by atoms with Gasteiger partial charge in [0.1, 0.15) is 17.2 Å². The molecule has 5 heteroatoms. The first-order valence-electron chi connectivity index (χ1n) is 11.4. The molecular formula is C28H29O5. The van der Waals surface area contributed by atoms with E-state index in [0.29, 0.717) is 29.2 Å². The molecular weight excluding hydrogens is 416 g/mol. The number of unbranched alkanes of at least 4 members (excludes halogenated alkanes) is 5. The summed E-state index contributed by atoms with van der Waals surface area (Å²) in [6, 6.07) is 22.8. The first-order chi connectivity index (χ1) is 16.2. The zero-order valence-corrected chi connectivity index (χ0v) is 18.9. The van der Waals surface area contributed by atoms with Gasteiger partial charge in [0.2, 0.25) is 0 Å². The van der Waals surface area contributed by atoms with Crippen LogP contribution in [-0.4, -0.2) is 18.5 Å². The minimum absolute atomic E-state index is 0.340. The van der Waals surface area contributed by atoms with Crippen molar-refractivity contribution >= 4 is 11.9 Å². The number of hydrogen-bond donors (Lipinski definition) is 0. The zero-order valence-electron chi connectivity index (χ0n) is 18.9. The largest absolute Gasteiger partial charge is 0.494 e. The van der Waals surface area contributed by atoms with Gasteiger partial charge >= 0.3 is 11.9 Å².